The van der Waals surface area contributed by atoms with Gasteiger partial charge in [-0.1, -0.05) is 32.1 Å². The van der Waals surface area contributed by atoms with E-state index in [-0.39, 0.29) is 0 Å². The molecule has 2 nitrogen and oxygen atoms in total. The average Bonchev–Trinajstić information content (AvgIpc) is 2.59. The van der Waals surface area contributed by atoms with Crippen molar-refractivity contribution in [3.63, 3.8) is 0 Å². The van der Waals surface area contributed by atoms with Gasteiger partial charge in [0, 0.05) is 6.54 Å². The molecule has 0 bridgehead atoms. The van der Waals surface area contributed by atoms with Crippen molar-refractivity contribution in [1.29, 1.82) is 0 Å². The largest absolute Gasteiger partial charge is 0.330 e. The first-order valence-electron chi connectivity index (χ1n) is 7.27. The number of nitrogens with zero attached hydrogens (tertiary/aromatic N) is 1. The molecule has 1 aliphatic carbocycles. The number of likely N-dealkylation sites (tertiary alicyclic amines) is 1. The van der Waals surface area contributed by atoms with Crippen LogP contribution in [0.15, 0.2) is 0 Å². The van der Waals surface area contributed by atoms with Crippen LogP contribution in [0, 0.1) is 5.41 Å². The zero-order valence-electron chi connectivity index (χ0n) is 10.7. The van der Waals surface area contributed by atoms with Gasteiger partial charge in [0.25, 0.3) is 0 Å². The molecule has 0 amide bonds. The van der Waals surface area contributed by atoms with Gasteiger partial charge in [-0.2, -0.15) is 0 Å². The number of hydrogen-bond donors (Lipinski definition) is 1. The second-order valence-electron chi connectivity index (χ2n) is 5.96. The highest BCUT2D eigenvalue weighted by Crippen LogP contribution is 2.36. The fourth-order valence-corrected chi connectivity index (χ4v) is 3.50. The molecule has 0 spiro atoms. The second kappa shape index (κ2) is 6.02. The lowest BCUT2D eigenvalue weighted by Crippen LogP contribution is -2.44. The molecule has 0 aromatic carbocycles. The van der Waals surface area contributed by atoms with E-state index in [0.717, 1.165) is 6.54 Å². The third-order valence-electron chi connectivity index (χ3n) is 4.60. The van der Waals surface area contributed by atoms with Crippen LogP contribution in [0.3, 0.4) is 0 Å². The molecule has 1 aliphatic heterocycles. The van der Waals surface area contributed by atoms with E-state index in [1.807, 2.05) is 0 Å². The van der Waals surface area contributed by atoms with Crippen LogP contribution in [0.1, 0.15) is 57.8 Å². The van der Waals surface area contributed by atoms with E-state index in [1.165, 1.54) is 77.4 Å². The van der Waals surface area contributed by atoms with Crippen molar-refractivity contribution in [2.75, 3.05) is 26.2 Å². The Morgan fingerprint density at radius 3 is 1.94 bits per heavy atom. The molecular formula is C14H28N2. The summed E-state index contributed by atoms with van der Waals surface area (Å²) in [5.41, 5.74) is 6.54. The van der Waals surface area contributed by atoms with Crippen LogP contribution in [-0.4, -0.2) is 31.1 Å². The van der Waals surface area contributed by atoms with Crippen LogP contribution in [0.5, 0.6) is 0 Å². The van der Waals surface area contributed by atoms with E-state index in [4.69, 9.17) is 5.73 Å². The Morgan fingerprint density at radius 1 is 0.812 bits per heavy atom. The third kappa shape index (κ3) is 3.21. The summed E-state index contributed by atoms with van der Waals surface area (Å²) in [5.74, 6) is 0. The highest BCUT2D eigenvalue weighted by atomic mass is 15.1. The number of hydrogen-bond acceptors (Lipinski definition) is 2. The molecule has 0 aromatic rings. The molecule has 1 heterocycles. The lowest BCUT2D eigenvalue weighted by Gasteiger charge is -2.40. The zero-order chi connectivity index (χ0) is 11.3. The van der Waals surface area contributed by atoms with Crippen LogP contribution in [0.25, 0.3) is 0 Å². The summed E-state index contributed by atoms with van der Waals surface area (Å²) >= 11 is 0. The quantitative estimate of drug-likeness (QED) is 0.798. The molecule has 2 rings (SSSR count). The minimum absolute atomic E-state index is 0.475. The van der Waals surface area contributed by atoms with E-state index in [9.17, 15) is 0 Å². The highest BCUT2D eigenvalue weighted by molar-refractivity contribution is 4.87. The van der Waals surface area contributed by atoms with E-state index < -0.39 is 0 Å². The van der Waals surface area contributed by atoms with Crippen molar-refractivity contribution in [3.05, 3.63) is 0 Å². The normalized spacial score (nSPS) is 27.6. The highest BCUT2D eigenvalue weighted by Gasteiger charge is 2.32. The van der Waals surface area contributed by atoms with Crippen molar-refractivity contribution in [1.82, 2.24) is 4.90 Å². The van der Waals surface area contributed by atoms with E-state index in [2.05, 4.69) is 4.90 Å². The van der Waals surface area contributed by atoms with Crippen LogP contribution >= 0.6 is 0 Å². The lowest BCUT2D eigenvalue weighted by molar-refractivity contribution is 0.113. The van der Waals surface area contributed by atoms with E-state index in [1.54, 1.807) is 0 Å². The first-order chi connectivity index (χ1) is 7.85. The molecule has 2 N–H and O–H groups in total. The van der Waals surface area contributed by atoms with Gasteiger partial charge in [-0.25, -0.2) is 0 Å². The molecule has 16 heavy (non-hydrogen) atoms. The van der Waals surface area contributed by atoms with Gasteiger partial charge in [0.2, 0.25) is 0 Å². The summed E-state index contributed by atoms with van der Waals surface area (Å²) < 4.78 is 0. The maximum atomic E-state index is 6.07. The average molecular weight is 224 g/mol. The monoisotopic (exact) mass is 224 g/mol. The van der Waals surface area contributed by atoms with Gasteiger partial charge >= 0.3 is 0 Å². The van der Waals surface area contributed by atoms with Crippen LogP contribution in [0.4, 0.5) is 0 Å². The van der Waals surface area contributed by atoms with Gasteiger partial charge in [-0.3, -0.25) is 0 Å². The fraction of sp³-hybridized carbons (Fsp3) is 1.00. The van der Waals surface area contributed by atoms with Gasteiger partial charge in [-0.05, 0) is 50.7 Å². The topological polar surface area (TPSA) is 29.3 Å². The van der Waals surface area contributed by atoms with Gasteiger partial charge in [0.05, 0.1) is 0 Å². The van der Waals surface area contributed by atoms with Crippen molar-refractivity contribution in [2.24, 2.45) is 11.1 Å². The molecule has 1 saturated carbocycles. The Bertz CT molecular complexity index is 189. The van der Waals surface area contributed by atoms with Crippen LogP contribution in [0.2, 0.25) is 0 Å². The van der Waals surface area contributed by atoms with E-state index >= 15 is 0 Å². The van der Waals surface area contributed by atoms with Crippen LogP contribution in [-0.2, 0) is 0 Å². The molecule has 2 fully saturated rings. The summed E-state index contributed by atoms with van der Waals surface area (Å²) in [6, 6.07) is 0. The van der Waals surface area contributed by atoms with Crippen molar-refractivity contribution < 1.29 is 0 Å². The lowest BCUT2D eigenvalue weighted by atomic mass is 9.73. The smallest absolute Gasteiger partial charge is 0.00501 e. The predicted octanol–water partition coefficient (Wildman–Crippen LogP) is 2.77. The Labute approximate surface area is 101 Å². The number of rotatable bonds is 3. The van der Waals surface area contributed by atoms with Crippen molar-refractivity contribution >= 4 is 0 Å². The maximum Gasteiger partial charge on any atom is 0.00501 e. The summed E-state index contributed by atoms with van der Waals surface area (Å²) in [7, 11) is 0. The Balaban J connectivity index is 1.88. The van der Waals surface area contributed by atoms with Crippen molar-refractivity contribution in [3.8, 4) is 0 Å². The molecule has 2 heteroatoms. The van der Waals surface area contributed by atoms with E-state index in [0.29, 0.717) is 5.41 Å². The minimum atomic E-state index is 0.475. The number of nitrogens with two attached hydrogens (primary N) is 1. The van der Waals surface area contributed by atoms with Gasteiger partial charge in [0.15, 0.2) is 0 Å². The summed E-state index contributed by atoms with van der Waals surface area (Å²) in [6.07, 6.45) is 12.7. The molecule has 0 aromatic heterocycles. The third-order valence-corrected chi connectivity index (χ3v) is 4.60. The van der Waals surface area contributed by atoms with Crippen molar-refractivity contribution in [2.45, 2.75) is 57.8 Å². The zero-order valence-corrected chi connectivity index (χ0v) is 10.7. The Hall–Kier alpha value is -0.0800. The molecule has 0 radical (unpaired) electrons. The van der Waals surface area contributed by atoms with Gasteiger partial charge < -0.3 is 10.6 Å². The standard InChI is InChI=1S/C14H28N2/c15-12-14(8-4-3-5-9-14)13-16-10-6-1-2-7-11-16/h1-13,15H2. The minimum Gasteiger partial charge on any atom is -0.330 e. The first kappa shape index (κ1) is 12.4. The van der Waals surface area contributed by atoms with Gasteiger partial charge in [0.1, 0.15) is 0 Å². The fourth-order valence-electron chi connectivity index (χ4n) is 3.50. The summed E-state index contributed by atoms with van der Waals surface area (Å²) in [5, 5.41) is 0. The first-order valence-corrected chi connectivity index (χ1v) is 7.27. The molecular weight excluding hydrogens is 196 g/mol. The predicted molar refractivity (Wildman–Crippen MR) is 69.5 cm³/mol. The Morgan fingerprint density at radius 2 is 1.38 bits per heavy atom. The summed E-state index contributed by atoms with van der Waals surface area (Å²) in [6.45, 7) is 4.83. The molecule has 1 saturated heterocycles. The van der Waals surface area contributed by atoms with Crippen LogP contribution < -0.4 is 5.73 Å². The molecule has 0 unspecified atom stereocenters. The molecule has 2 aliphatic rings. The maximum absolute atomic E-state index is 6.07. The molecule has 94 valence electrons. The SMILES string of the molecule is NCC1(CN2CCCCCC2)CCCCC1. The van der Waals surface area contributed by atoms with Gasteiger partial charge in [-0.15, -0.1) is 0 Å². The second-order valence-corrected chi connectivity index (χ2v) is 5.96. The molecule has 0 atom stereocenters. The summed E-state index contributed by atoms with van der Waals surface area (Å²) in [4.78, 5) is 2.70. The Kier molecular flexibility index (Phi) is 4.66.